The minimum Gasteiger partial charge on any atom is -0.492 e. The number of ether oxygens (including phenoxy) is 3. The molecule has 2 N–H and O–H groups in total. The first kappa shape index (κ1) is 23.3. The Morgan fingerprint density at radius 3 is 2.47 bits per heavy atom. The van der Waals surface area contributed by atoms with Crippen LogP contribution < -0.4 is 24.2 Å². The number of nitrogens with one attached hydrogen (secondary N) is 2. The third-order valence-electron chi connectivity index (χ3n) is 4.08. The van der Waals surface area contributed by atoms with E-state index < -0.39 is 21.1 Å². The smallest absolute Gasteiger partial charge is 0.335 e. The zero-order valence-electron chi connectivity index (χ0n) is 17.5. The number of unbranched alkanes of at least 4 members (excludes halogenated alkanes) is 1. The van der Waals surface area contributed by atoms with Crippen LogP contribution in [0, 0.1) is 0 Å². The summed E-state index contributed by atoms with van der Waals surface area (Å²) in [4.78, 5) is 24.2. The first-order chi connectivity index (χ1) is 15.3. The summed E-state index contributed by atoms with van der Waals surface area (Å²) in [6, 6.07) is 3.47. The largest absolute Gasteiger partial charge is 0.492 e. The van der Waals surface area contributed by atoms with Crippen LogP contribution in [-0.4, -0.2) is 54.6 Å². The number of fused-ring (bicyclic) bond motifs is 1. The predicted octanol–water partition coefficient (Wildman–Crippen LogP) is 2.48. The molecular weight excluding hydrogens is 464 g/mol. The first-order valence-electron chi connectivity index (χ1n) is 9.38. The standard InChI is InChI=1S/C18H21ClN6O6S/c1-4-5-8-31-11-6-7-12-20-15(19)16(25(12)10-11)32(27,28)24-18(26)23-17-21-13(29-2)9-14(22-17)30-3/h6-7,9-10H,4-5,8H2,1-3H3,(H2,21,22,23,24,26). The van der Waals surface area contributed by atoms with E-state index in [-0.39, 0.29) is 28.5 Å². The highest BCUT2D eigenvalue weighted by molar-refractivity contribution is 7.90. The number of aromatic nitrogens is 4. The second kappa shape index (κ2) is 9.87. The highest BCUT2D eigenvalue weighted by Gasteiger charge is 2.27. The first-order valence-corrected chi connectivity index (χ1v) is 11.2. The highest BCUT2D eigenvalue weighted by Crippen LogP contribution is 2.25. The Kier molecular flexibility index (Phi) is 7.20. The Hall–Kier alpha value is -3.32. The average Bonchev–Trinajstić information content (AvgIpc) is 3.08. The summed E-state index contributed by atoms with van der Waals surface area (Å²) in [6.07, 6.45) is 3.22. The molecule has 12 nitrogen and oxygen atoms in total. The Bertz CT molecular complexity index is 1210. The minimum absolute atomic E-state index is 0.107. The molecule has 0 fully saturated rings. The summed E-state index contributed by atoms with van der Waals surface area (Å²) in [7, 11) is -1.71. The van der Waals surface area contributed by atoms with Crippen molar-refractivity contribution in [2.24, 2.45) is 0 Å². The van der Waals surface area contributed by atoms with E-state index in [2.05, 4.69) is 20.3 Å². The number of carbonyl (C=O) groups is 1. The number of methoxy groups -OCH3 is 2. The third kappa shape index (κ3) is 5.29. The van der Waals surface area contributed by atoms with Gasteiger partial charge in [-0.2, -0.15) is 18.4 Å². The van der Waals surface area contributed by atoms with E-state index in [0.717, 1.165) is 12.8 Å². The molecule has 0 saturated carbocycles. The van der Waals surface area contributed by atoms with E-state index in [1.807, 2.05) is 11.6 Å². The van der Waals surface area contributed by atoms with Crippen molar-refractivity contribution >= 4 is 39.3 Å². The quantitative estimate of drug-likeness (QED) is 0.437. The number of hydrogen-bond acceptors (Lipinski definition) is 9. The molecule has 0 spiro atoms. The fraction of sp³-hybridized carbons (Fsp3) is 0.333. The summed E-state index contributed by atoms with van der Waals surface area (Å²) in [5.41, 5.74) is 0.263. The lowest BCUT2D eigenvalue weighted by Gasteiger charge is -2.10. The van der Waals surface area contributed by atoms with Gasteiger partial charge in [-0.3, -0.25) is 9.72 Å². The molecule has 0 unspecified atom stereocenters. The number of halogens is 1. The summed E-state index contributed by atoms with van der Waals surface area (Å²) in [6.45, 7) is 2.49. The van der Waals surface area contributed by atoms with Crippen molar-refractivity contribution < 1.29 is 27.4 Å². The number of pyridine rings is 1. The summed E-state index contributed by atoms with van der Waals surface area (Å²) >= 11 is 6.07. The second-order valence-corrected chi connectivity index (χ2v) is 8.29. The monoisotopic (exact) mass is 484 g/mol. The van der Waals surface area contributed by atoms with Crippen molar-refractivity contribution in [2.75, 3.05) is 26.1 Å². The lowest BCUT2D eigenvalue weighted by Crippen LogP contribution is -2.35. The van der Waals surface area contributed by atoms with E-state index in [1.165, 1.54) is 30.9 Å². The predicted molar refractivity (Wildman–Crippen MR) is 115 cm³/mol. The van der Waals surface area contributed by atoms with Gasteiger partial charge in [-0.15, -0.1) is 0 Å². The van der Waals surface area contributed by atoms with E-state index in [4.69, 9.17) is 25.8 Å². The molecule has 14 heteroatoms. The molecule has 0 aromatic carbocycles. The van der Waals surface area contributed by atoms with Gasteiger partial charge in [-0.05, 0) is 18.6 Å². The highest BCUT2D eigenvalue weighted by atomic mass is 35.5. The van der Waals surface area contributed by atoms with Crippen molar-refractivity contribution in [3.63, 3.8) is 0 Å². The molecule has 0 aliphatic carbocycles. The van der Waals surface area contributed by atoms with Crippen LogP contribution in [0.4, 0.5) is 10.7 Å². The SMILES string of the molecule is CCCCOc1ccc2nc(Cl)c(S(=O)(=O)NC(=O)Nc3nc(OC)cc(OC)n3)n2c1. The van der Waals surface area contributed by atoms with Crippen LogP contribution in [-0.2, 0) is 10.0 Å². The maximum atomic E-state index is 12.9. The van der Waals surface area contributed by atoms with Gasteiger partial charge in [0.05, 0.1) is 33.1 Å². The van der Waals surface area contributed by atoms with Crippen molar-refractivity contribution in [2.45, 2.75) is 24.8 Å². The Labute approximate surface area is 188 Å². The number of imidazole rings is 1. The fourth-order valence-corrected chi connectivity index (χ4v) is 4.15. The number of nitrogens with zero attached hydrogens (tertiary/aromatic N) is 4. The Morgan fingerprint density at radius 2 is 1.84 bits per heavy atom. The maximum absolute atomic E-state index is 12.9. The minimum atomic E-state index is -4.43. The van der Waals surface area contributed by atoms with Crippen molar-refractivity contribution in [1.29, 1.82) is 0 Å². The number of sulfonamides is 1. The van der Waals surface area contributed by atoms with Crippen LogP contribution in [0.15, 0.2) is 29.4 Å². The number of hydrogen-bond donors (Lipinski definition) is 2. The van der Waals surface area contributed by atoms with Crippen LogP contribution in [0.25, 0.3) is 5.65 Å². The van der Waals surface area contributed by atoms with Gasteiger partial charge in [0.25, 0.3) is 10.0 Å². The molecule has 0 aliphatic heterocycles. The molecule has 2 amide bonds. The number of urea groups is 1. The molecule has 3 heterocycles. The molecular formula is C18H21ClN6O6S. The third-order valence-corrected chi connectivity index (χ3v) is 5.81. The van der Waals surface area contributed by atoms with Crippen molar-refractivity contribution in [3.8, 4) is 17.5 Å². The summed E-state index contributed by atoms with van der Waals surface area (Å²) in [5.74, 6) is 0.411. The van der Waals surface area contributed by atoms with Crippen LogP contribution in [0.2, 0.25) is 5.15 Å². The number of rotatable bonds is 9. The molecule has 32 heavy (non-hydrogen) atoms. The molecule has 0 aliphatic rings. The van der Waals surface area contributed by atoms with Gasteiger partial charge in [-0.1, -0.05) is 24.9 Å². The maximum Gasteiger partial charge on any atom is 0.335 e. The Balaban J connectivity index is 1.85. The zero-order chi connectivity index (χ0) is 23.3. The summed E-state index contributed by atoms with van der Waals surface area (Å²) < 4.78 is 44.5. The van der Waals surface area contributed by atoms with Crippen molar-refractivity contribution in [3.05, 3.63) is 29.5 Å². The van der Waals surface area contributed by atoms with E-state index in [9.17, 15) is 13.2 Å². The van der Waals surface area contributed by atoms with Gasteiger partial charge in [0.1, 0.15) is 11.4 Å². The molecule has 3 aromatic rings. The zero-order valence-corrected chi connectivity index (χ0v) is 19.0. The average molecular weight is 485 g/mol. The lowest BCUT2D eigenvalue weighted by atomic mass is 10.3. The van der Waals surface area contributed by atoms with E-state index in [0.29, 0.717) is 12.4 Å². The number of anilines is 1. The molecule has 172 valence electrons. The van der Waals surface area contributed by atoms with Gasteiger partial charge in [-0.25, -0.2) is 14.5 Å². The van der Waals surface area contributed by atoms with Crippen LogP contribution in [0.5, 0.6) is 17.5 Å². The van der Waals surface area contributed by atoms with Gasteiger partial charge in [0.2, 0.25) is 17.7 Å². The molecule has 0 bridgehead atoms. The van der Waals surface area contributed by atoms with Crippen LogP contribution in [0.1, 0.15) is 19.8 Å². The van der Waals surface area contributed by atoms with Crippen molar-refractivity contribution in [1.82, 2.24) is 24.1 Å². The van der Waals surface area contributed by atoms with Gasteiger partial charge >= 0.3 is 6.03 Å². The normalized spacial score (nSPS) is 11.2. The van der Waals surface area contributed by atoms with E-state index >= 15 is 0 Å². The summed E-state index contributed by atoms with van der Waals surface area (Å²) in [5, 5.41) is 1.48. The Morgan fingerprint density at radius 1 is 1.16 bits per heavy atom. The molecule has 3 aromatic heterocycles. The molecule has 0 saturated heterocycles. The number of carbonyl (C=O) groups excluding carboxylic acids is 1. The fourth-order valence-electron chi connectivity index (χ4n) is 2.60. The molecule has 0 radical (unpaired) electrons. The molecule has 3 rings (SSSR count). The second-order valence-electron chi connectivity index (χ2n) is 6.34. The molecule has 0 atom stereocenters. The topological polar surface area (TPSA) is 146 Å². The van der Waals surface area contributed by atoms with Crippen LogP contribution >= 0.6 is 11.6 Å². The van der Waals surface area contributed by atoms with E-state index in [1.54, 1.807) is 12.1 Å². The van der Waals surface area contributed by atoms with Gasteiger partial charge < -0.3 is 14.2 Å². The van der Waals surface area contributed by atoms with Gasteiger partial charge in [0.15, 0.2) is 10.2 Å². The number of amides is 2. The lowest BCUT2D eigenvalue weighted by molar-refractivity contribution is 0.256. The van der Waals surface area contributed by atoms with Crippen LogP contribution in [0.3, 0.4) is 0 Å². The van der Waals surface area contributed by atoms with Gasteiger partial charge in [0, 0.05) is 0 Å².